The molecule has 0 aliphatic carbocycles. The minimum absolute atomic E-state index is 0.0861. The third kappa shape index (κ3) is 2.49. The average molecular weight is 313 g/mol. The molecule has 1 amide bonds. The molecule has 0 aromatic heterocycles. The van der Waals surface area contributed by atoms with E-state index in [4.69, 9.17) is 4.74 Å². The molecule has 5 nitrogen and oxygen atoms in total. The highest BCUT2D eigenvalue weighted by Gasteiger charge is 2.33. The van der Waals surface area contributed by atoms with E-state index in [0.717, 1.165) is 48.6 Å². The molecule has 1 aromatic carbocycles. The molecule has 23 heavy (non-hydrogen) atoms. The van der Waals surface area contributed by atoms with Crippen LogP contribution in [-0.2, 0) is 9.53 Å². The van der Waals surface area contributed by atoms with Gasteiger partial charge in [0.1, 0.15) is 0 Å². The van der Waals surface area contributed by atoms with Crippen molar-refractivity contribution < 1.29 is 9.53 Å². The fraction of sp³-hybridized carbons (Fsp3) is 0.500. The first-order valence-corrected chi connectivity index (χ1v) is 8.48. The number of rotatable bonds is 1. The zero-order valence-corrected chi connectivity index (χ0v) is 13.6. The fourth-order valence-corrected chi connectivity index (χ4v) is 3.72. The predicted octanol–water partition coefficient (Wildman–Crippen LogP) is 1.98. The Morgan fingerprint density at radius 2 is 2.00 bits per heavy atom. The summed E-state index contributed by atoms with van der Waals surface area (Å²) in [4.78, 5) is 17.0. The Bertz CT molecular complexity index is 652. The van der Waals surface area contributed by atoms with Crippen molar-refractivity contribution in [3.63, 3.8) is 0 Å². The maximum absolute atomic E-state index is 12.8. The number of fused-ring (bicyclic) bond motifs is 1. The van der Waals surface area contributed by atoms with Gasteiger partial charge in [0.25, 0.3) is 5.91 Å². The maximum atomic E-state index is 12.8. The van der Waals surface area contributed by atoms with Gasteiger partial charge in [0, 0.05) is 50.1 Å². The number of benzene rings is 1. The summed E-state index contributed by atoms with van der Waals surface area (Å²) in [6.07, 6.45) is 3.27. The van der Waals surface area contributed by atoms with E-state index < -0.39 is 0 Å². The van der Waals surface area contributed by atoms with E-state index in [1.807, 2.05) is 7.05 Å². The SMILES string of the molecule is CN1C(=O)/C(=C2/CCOCCN2)c2cc(N3CCCC3)ccc21. The largest absolute Gasteiger partial charge is 0.385 e. The summed E-state index contributed by atoms with van der Waals surface area (Å²) in [6.45, 7) is 4.35. The normalized spacial score (nSPS) is 24.7. The molecule has 0 unspecified atom stereocenters. The van der Waals surface area contributed by atoms with E-state index in [9.17, 15) is 4.79 Å². The molecule has 0 spiro atoms. The summed E-state index contributed by atoms with van der Waals surface area (Å²) < 4.78 is 5.51. The second kappa shape index (κ2) is 5.89. The lowest BCUT2D eigenvalue weighted by molar-refractivity contribution is -0.112. The van der Waals surface area contributed by atoms with Crippen LogP contribution in [0.4, 0.5) is 11.4 Å². The summed E-state index contributed by atoms with van der Waals surface area (Å²) in [5.41, 5.74) is 5.15. The number of amides is 1. The molecule has 122 valence electrons. The Morgan fingerprint density at radius 3 is 2.83 bits per heavy atom. The van der Waals surface area contributed by atoms with Gasteiger partial charge >= 0.3 is 0 Å². The van der Waals surface area contributed by atoms with Crippen LogP contribution in [0.2, 0.25) is 0 Å². The first kappa shape index (κ1) is 14.6. The summed E-state index contributed by atoms with van der Waals surface area (Å²) in [5.74, 6) is 0.0861. The maximum Gasteiger partial charge on any atom is 0.260 e. The van der Waals surface area contributed by atoms with Crippen molar-refractivity contribution in [1.82, 2.24) is 5.32 Å². The highest BCUT2D eigenvalue weighted by atomic mass is 16.5. The van der Waals surface area contributed by atoms with Gasteiger partial charge in [-0.05, 0) is 31.0 Å². The van der Waals surface area contributed by atoms with E-state index in [0.29, 0.717) is 13.2 Å². The topological polar surface area (TPSA) is 44.8 Å². The summed E-state index contributed by atoms with van der Waals surface area (Å²) in [5, 5.41) is 3.40. The third-order valence-corrected chi connectivity index (χ3v) is 4.98. The minimum Gasteiger partial charge on any atom is -0.385 e. The van der Waals surface area contributed by atoms with Crippen LogP contribution in [0.15, 0.2) is 23.9 Å². The number of carbonyl (C=O) groups is 1. The number of anilines is 2. The molecule has 2 saturated heterocycles. The molecular weight excluding hydrogens is 290 g/mol. The smallest absolute Gasteiger partial charge is 0.260 e. The molecule has 0 atom stereocenters. The molecule has 3 aliphatic rings. The molecule has 0 radical (unpaired) electrons. The van der Waals surface area contributed by atoms with Crippen molar-refractivity contribution in [2.75, 3.05) is 49.7 Å². The number of likely N-dealkylation sites (N-methyl/N-ethyl adjacent to an activating group) is 1. The molecular formula is C18H23N3O2. The van der Waals surface area contributed by atoms with Gasteiger partial charge < -0.3 is 19.9 Å². The molecule has 4 rings (SSSR count). The van der Waals surface area contributed by atoms with E-state index in [2.05, 4.69) is 28.4 Å². The number of ether oxygens (including phenoxy) is 1. The predicted molar refractivity (Wildman–Crippen MR) is 91.7 cm³/mol. The average Bonchev–Trinajstić information content (AvgIpc) is 3.08. The van der Waals surface area contributed by atoms with Crippen molar-refractivity contribution in [1.29, 1.82) is 0 Å². The Labute approximate surface area is 136 Å². The molecule has 2 fully saturated rings. The molecule has 5 heteroatoms. The third-order valence-electron chi connectivity index (χ3n) is 4.98. The van der Waals surface area contributed by atoms with Gasteiger partial charge in [0.05, 0.1) is 24.5 Å². The van der Waals surface area contributed by atoms with E-state index in [1.54, 1.807) is 4.90 Å². The standard InChI is InChI=1S/C18H23N3O2/c1-20-16-5-4-13(21-8-2-3-9-21)12-14(16)17(18(20)22)15-6-10-23-11-7-19-15/h4-5,12,19H,2-3,6-11H2,1H3/b17-15-. The number of hydrogen-bond acceptors (Lipinski definition) is 4. The Morgan fingerprint density at radius 1 is 1.17 bits per heavy atom. The van der Waals surface area contributed by atoms with Gasteiger partial charge in [-0.1, -0.05) is 0 Å². The Balaban J connectivity index is 1.78. The molecule has 3 heterocycles. The van der Waals surface area contributed by atoms with Crippen LogP contribution in [0.5, 0.6) is 0 Å². The van der Waals surface area contributed by atoms with Crippen LogP contribution in [-0.4, -0.2) is 45.8 Å². The highest BCUT2D eigenvalue weighted by Crippen LogP contribution is 2.40. The number of hydrogen-bond donors (Lipinski definition) is 1. The fourth-order valence-electron chi connectivity index (χ4n) is 3.72. The molecule has 0 bridgehead atoms. The molecule has 3 aliphatic heterocycles. The van der Waals surface area contributed by atoms with Crippen LogP contribution in [0.25, 0.3) is 5.57 Å². The van der Waals surface area contributed by atoms with Gasteiger partial charge in [-0.15, -0.1) is 0 Å². The van der Waals surface area contributed by atoms with Crippen molar-refractivity contribution in [2.45, 2.75) is 19.3 Å². The van der Waals surface area contributed by atoms with Crippen LogP contribution in [0, 0.1) is 0 Å². The van der Waals surface area contributed by atoms with Gasteiger partial charge in [0.2, 0.25) is 0 Å². The van der Waals surface area contributed by atoms with Crippen molar-refractivity contribution >= 4 is 22.9 Å². The summed E-state index contributed by atoms with van der Waals surface area (Å²) in [7, 11) is 1.86. The second-order valence-electron chi connectivity index (χ2n) is 6.40. The van der Waals surface area contributed by atoms with Crippen LogP contribution < -0.4 is 15.1 Å². The number of nitrogens with zero attached hydrogens (tertiary/aromatic N) is 2. The Kier molecular flexibility index (Phi) is 3.73. The zero-order valence-electron chi connectivity index (χ0n) is 13.6. The highest BCUT2D eigenvalue weighted by molar-refractivity contribution is 6.33. The lowest BCUT2D eigenvalue weighted by atomic mass is 10.0. The molecule has 0 saturated carbocycles. The van der Waals surface area contributed by atoms with Gasteiger partial charge in [-0.2, -0.15) is 0 Å². The van der Waals surface area contributed by atoms with Crippen molar-refractivity contribution in [2.24, 2.45) is 0 Å². The zero-order chi connectivity index (χ0) is 15.8. The van der Waals surface area contributed by atoms with E-state index in [-0.39, 0.29) is 5.91 Å². The van der Waals surface area contributed by atoms with Gasteiger partial charge in [0.15, 0.2) is 0 Å². The monoisotopic (exact) mass is 313 g/mol. The van der Waals surface area contributed by atoms with E-state index in [1.165, 1.54) is 18.5 Å². The van der Waals surface area contributed by atoms with E-state index >= 15 is 0 Å². The second-order valence-corrected chi connectivity index (χ2v) is 6.40. The first-order valence-electron chi connectivity index (χ1n) is 8.48. The van der Waals surface area contributed by atoms with Gasteiger partial charge in [-0.25, -0.2) is 0 Å². The summed E-state index contributed by atoms with van der Waals surface area (Å²) in [6, 6.07) is 6.42. The minimum atomic E-state index is 0.0861. The van der Waals surface area contributed by atoms with Crippen molar-refractivity contribution in [3.05, 3.63) is 29.5 Å². The van der Waals surface area contributed by atoms with Crippen LogP contribution in [0.3, 0.4) is 0 Å². The quantitative estimate of drug-likeness (QED) is 0.805. The van der Waals surface area contributed by atoms with Gasteiger partial charge in [-0.3, -0.25) is 4.79 Å². The Hall–Kier alpha value is -2.01. The van der Waals surface area contributed by atoms with Crippen LogP contribution in [0.1, 0.15) is 24.8 Å². The number of carbonyl (C=O) groups excluding carboxylic acids is 1. The lowest BCUT2D eigenvalue weighted by Gasteiger charge is -2.19. The molecule has 1 aromatic rings. The first-order chi connectivity index (χ1) is 11.3. The van der Waals surface area contributed by atoms with Crippen molar-refractivity contribution in [3.8, 4) is 0 Å². The number of nitrogens with one attached hydrogen (secondary N) is 1. The lowest BCUT2D eigenvalue weighted by Crippen LogP contribution is -2.24. The van der Waals surface area contributed by atoms with Crippen LogP contribution >= 0.6 is 0 Å². The molecule has 1 N–H and O–H groups in total. The summed E-state index contributed by atoms with van der Waals surface area (Å²) >= 11 is 0.